The molecule has 19 heavy (non-hydrogen) atoms. The summed E-state index contributed by atoms with van der Waals surface area (Å²) in [6, 6.07) is 5.69. The fraction of sp³-hybridized carbons (Fsp3) is 0.533. The summed E-state index contributed by atoms with van der Waals surface area (Å²) >= 11 is 3.38. The van der Waals surface area contributed by atoms with Crippen LogP contribution in [0.25, 0.3) is 0 Å². The normalized spacial score (nSPS) is 23.1. The van der Waals surface area contributed by atoms with Crippen molar-refractivity contribution in [2.75, 3.05) is 5.73 Å². The summed E-state index contributed by atoms with van der Waals surface area (Å²) in [7, 11) is 0. The summed E-state index contributed by atoms with van der Waals surface area (Å²) in [6.45, 7) is 2.20. The third-order valence-corrected chi connectivity index (χ3v) is 4.50. The van der Waals surface area contributed by atoms with Gasteiger partial charge in [-0.15, -0.1) is 0 Å². The highest BCUT2D eigenvalue weighted by Crippen LogP contribution is 2.27. The maximum Gasteiger partial charge on any atom is 0.253 e. The molecular weight excluding hydrogens is 304 g/mol. The lowest BCUT2D eigenvalue weighted by Crippen LogP contribution is -2.42. The number of nitrogen functional groups attached to an aromatic ring is 1. The summed E-state index contributed by atoms with van der Waals surface area (Å²) in [5, 5.41) is 3.16. The van der Waals surface area contributed by atoms with Gasteiger partial charge in [-0.2, -0.15) is 0 Å². The Balaban J connectivity index is 2.09. The quantitative estimate of drug-likeness (QED) is 0.832. The average Bonchev–Trinajstić information content (AvgIpc) is 2.42. The van der Waals surface area contributed by atoms with Crippen LogP contribution in [0.2, 0.25) is 0 Å². The monoisotopic (exact) mass is 324 g/mol. The van der Waals surface area contributed by atoms with Crippen molar-refractivity contribution in [1.82, 2.24) is 5.32 Å². The third-order valence-electron chi connectivity index (χ3n) is 4.01. The van der Waals surface area contributed by atoms with Gasteiger partial charge in [0.05, 0.1) is 5.56 Å². The van der Waals surface area contributed by atoms with Crippen LogP contribution >= 0.6 is 15.9 Å². The number of hydrogen-bond acceptors (Lipinski definition) is 2. The van der Waals surface area contributed by atoms with Crippen LogP contribution in [-0.4, -0.2) is 11.9 Å². The number of halogens is 1. The molecule has 2 atom stereocenters. The van der Waals surface area contributed by atoms with Gasteiger partial charge in [0, 0.05) is 16.2 Å². The van der Waals surface area contributed by atoms with Crippen molar-refractivity contribution < 1.29 is 4.79 Å². The van der Waals surface area contributed by atoms with Gasteiger partial charge in [-0.3, -0.25) is 4.79 Å². The molecule has 0 bridgehead atoms. The molecule has 1 aromatic carbocycles. The number of nitrogens with one attached hydrogen (secondary N) is 1. The topological polar surface area (TPSA) is 55.1 Å². The molecule has 1 fully saturated rings. The first kappa shape index (κ1) is 14.4. The molecule has 0 aromatic heterocycles. The smallest absolute Gasteiger partial charge is 0.253 e. The van der Waals surface area contributed by atoms with E-state index in [1.54, 1.807) is 12.1 Å². The summed E-state index contributed by atoms with van der Waals surface area (Å²) in [5.74, 6) is 0.551. The Kier molecular flexibility index (Phi) is 4.86. The highest BCUT2D eigenvalue weighted by molar-refractivity contribution is 9.10. The van der Waals surface area contributed by atoms with Gasteiger partial charge < -0.3 is 11.1 Å². The van der Waals surface area contributed by atoms with Crippen molar-refractivity contribution in [3.05, 3.63) is 28.2 Å². The number of hydrogen-bond donors (Lipinski definition) is 2. The molecule has 0 spiro atoms. The van der Waals surface area contributed by atoms with Crippen LogP contribution in [0, 0.1) is 5.92 Å². The number of amides is 1. The highest BCUT2D eigenvalue weighted by Gasteiger charge is 2.25. The van der Waals surface area contributed by atoms with E-state index in [4.69, 9.17) is 5.73 Å². The molecular formula is C15H21BrN2O. The molecule has 2 rings (SSSR count). The van der Waals surface area contributed by atoms with Crippen molar-refractivity contribution >= 4 is 27.5 Å². The van der Waals surface area contributed by atoms with Crippen LogP contribution < -0.4 is 11.1 Å². The molecule has 0 aliphatic heterocycles. The lowest BCUT2D eigenvalue weighted by molar-refractivity contribution is 0.0905. The van der Waals surface area contributed by atoms with Crippen LogP contribution in [0.15, 0.2) is 22.7 Å². The Morgan fingerprint density at radius 3 is 2.89 bits per heavy atom. The predicted octanol–water partition coefficient (Wildman–Crippen LogP) is 3.73. The molecule has 3 nitrogen and oxygen atoms in total. The number of carbonyl (C=O) groups excluding carboxylic acids is 1. The fourth-order valence-electron chi connectivity index (χ4n) is 2.86. The van der Waals surface area contributed by atoms with E-state index in [0.29, 0.717) is 23.2 Å². The largest absolute Gasteiger partial charge is 0.398 e. The van der Waals surface area contributed by atoms with E-state index >= 15 is 0 Å². The standard InChI is InChI=1S/C15H21BrN2O/c1-2-10-5-3-4-6-14(10)18-15(19)12-9-11(16)7-8-13(12)17/h7-10,14H,2-6,17H2,1H3,(H,18,19). The maximum atomic E-state index is 12.3. The molecule has 1 amide bonds. The average molecular weight is 325 g/mol. The van der Waals surface area contributed by atoms with Crippen LogP contribution in [0.5, 0.6) is 0 Å². The molecule has 1 saturated carbocycles. The first-order valence-corrected chi connectivity index (χ1v) is 7.77. The molecule has 2 unspecified atom stereocenters. The minimum absolute atomic E-state index is 0.0517. The second-order valence-electron chi connectivity index (χ2n) is 5.26. The zero-order valence-electron chi connectivity index (χ0n) is 11.3. The van der Waals surface area contributed by atoms with Gasteiger partial charge >= 0.3 is 0 Å². The second-order valence-corrected chi connectivity index (χ2v) is 6.18. The van der Waals surface area contributed by atoms with E-state index in [2.05, 4.69) is 28.2 Å². The summed E-state index contributed by atoms with van der Waals surface area (Å²) in [5.41, 5.74) is 6.98. The van der Waals surface area contributed by atoms with Crippen molar-refractivity contribution in [2.24, 2.45) is 5.92 Å². The van der Waals surface area contributed by atoms with Gasteiger partial charge in [0.1, 0.15) is 0 Å². The Hall–Kier alpha value is -1.03. The van der Waals surface area contributed by atoms with Crippen molar-refractivity contribution in [3.8, 4) is 0 Å². The van der Waals surface area contributed by atoms with Gasteiger partial charge in [0.25, 0.3) is 5.91 Å². The maximum absolute atomic E-state index is 12.3. The van der Waals surface area contributed by atoms with Crippen LogP contribution in [0.4, 0.5) is 5.69 Å². The van der Waals surface area contributed by atoms with Crippen LogP contribution in [0.1, 0.15) is 49.4 Å². The van der Waals surface area contributed by atoms with E-state index in [9.17, 15) is 4.79 Å². The lowest BCUT2D eigenvalue weighted by Gasteiger charge is -2.31. The van der Waals surface area contributed by atoms with Gasteiger partial charge in [-0.05, 0) is 37.0 Å². The minimum atomic E-state index is -0.0517. The number of nitrogens with two attached hydrogens (primary N) is 1. The molecule has 1 aliphatic carbocycles. The van der Waals surface area contributed by atoms with Gasteiger partial charge in [-0.25, -0.2) is 0 Å². The molecule has 0 heterocycles. The van der Waals surface area contributed by atoms with E-state index < -0.39 is 0 Å². The molecule has 3 N–H and O–H groups in total. The SMILES string of the molecule is CCC1CCCCC1NC(=O)c1cc(Br)ccc1N. The van der Waals surface area contributed by atoms with Gasteiger partial charge in [0.2, 0.25) is 0 Å². The molecule has 1 aliphatic rings. The zero-order valence-corrected chi connectivity index (χ0v) is 12.9. The molecule has 104 valence electrons. The van der Waals surface area contributed by atoms with Gasteiger partial charge in [-0.1, -0.05) is 42.1 Å². The predicted molar refractivity (Wildman–Crippen MR) is 82.1 cm³/mol. The first-order valence-electron chi connectivity index (χ1n) is 6.97. The summed E-state index contributed by atoms with van der Waals surface area (Å²) in [6.07, 6.45) is 5.91. The Labute approximate surface area is 123 Å². The Morgan fingerprint density at radius 1 is 1.42 bits per heavy atom. The van der Waals surface area contributed by atoms with Crippen LogP contribution in [-0.2, 0) is 0 Å². The van der Waals surface area contributed by atoms with Crippen molar-refractivity contribution in [3.63, 3.8) is 0 Å². The number of anilines is 1. The minimum Gasteiger partial charge on any atom is -0.398 e. The Bertz CT molecular complexity index is 461. The molecule has 1 aromatic rings. The molecule has 4 heteroatoms. The van der Waals surface area contributed by atoms with Crippen molar-refractivity contribution in [1.29, 1.82) is 0 Å². The van der Waals surface area contributed by atoms with Gasteiger partial charge in [0.15, 0.2) is 0 Å². The number of benzene rings is 1. The second kappa shape index (κ2) is 6.42. The van der Waals surface area contributed by atoms with E-state index in [0.717, 1.165) is 17.3 Å². The Morgan fingerprint density at radius 2 is 2.16 bits per heavy atom. The lowest BCUT2D eigenvalue weighted by atomic mass is 9.83. The summed E-state index contributed by atoms with van der Waals surface area (Å²) in [4.78, 5) is 12.3. The van der Waals surface area contributed by atoms with E-state index in [1.165, 1.54) is 19.3 Å². The molecule has 0 saturated heterocycles. The number of rotatable bonds is 3. The van der Waals surface area contributed by atoms with E-state index in [1.807, 2.05) is 6.07 Å². The zero-order chi connectivity index (χ0) is 13.8. The van der Waals surface area contributed by atoms with Crippen molar-refractivity contribution in [2.45, 2.75) is 45.1 Å². The number of carbonyl (C=O) groups is 1. The van der Waals surface area contributed by atoms with Crippen LogP contribution in [0.3, 0.4) is 0 Å². The summed E-state index contributed by atoms with van der Waals surface area (Å²) < 4.78 is 0.877. The molecule has 0 radical (unpaired) electrons. The fourth-order valence-corrected chi connectivity index (χ4v) is 3.22. The first-order chi connectivity index (χ1) is 9.11. The van der Waals surface area contributed by atoms with E-state index in [-0.39, 0.29) is 5.91 Å². The highest BCUT2D eigenvalue weighted by atomic mass is 79.9. The third kappa shape index (κ3) is 3.50.